The minimum Gasteiger partial charge on any atom is -0.375 e. The summed E-state index contributed by atoms with van der Waals surface area (Å²) in [7, 11) is 6.16. The highest BCUT2D eigenvalue weighted by molar-refractivity contribution is 5.24. The van der Waals surface area contributed by atoms with E-state index in [1.807, 2.05) is 7.05 Å². The van der Waals surface area contributed by atoms with E-state index in [9.17, 15) is 0 Å². The maximum absolute atomic E-state index is 5.84. The Hall–Kier alpha value is -0.900. The molecule has 1 aromatic carbocycles. The number of hydrogen-bond acceptors (Lipinski definition) is 3. The molecule has 0 amide bonds. The van der Waals surface area contributed by atoms with Crippen LogP contribution in [0.15, 0.2) is 24.3 Å². The highest BCUT2D eigenvalue weighted by Crippen LogP contribution is 2.16. The van der Waals surface area contributed by atoms with Crippen molar-refractivity contribution in [1.29, 1.82) is 0 Å². The maximum atomic E-state index is 5.84. The van der Waals surface area contributed by atoms with Crippen LogP contribution in [0, 0.1) is 0 Å². The van der Waals surface area contributed by atoms with Crippen LogP contribution in [0.25, 0.3) is 0 Å². The van der Waals surface area contributed by atoms with Gasteiger partial charge in [0, 0.05) is 12.1 Å². The van der Waals surface area contributed by atoms with Crippen LogP contribution in [0.5, 0.6) is 0 Å². The summed E-state index contributed by atoms with van der Waals surface area (Å²) in [5.74, 6) is 0.544. The second-order valence-electron chi connectivity index (χ2n) is 6.40. The van der Waals surface area contributed by atoms with E-state index in [0.717, 1.165) is 13.2 Å². The summed E-state index contributed by atoms with van der Waals surface area (Å²) in [4.78, 5) is 2.19. The van der Waals surface area contributed by atoms with Gasteiger partial charge in [-0.15, -0.1) is 0 Å². The fourth-order valence-electron chi connectivity index (χ4n) is 1.91. The number of nitrogens with zero attached hydrogens (tertiary/aromatic N) is 1. The lowest BCUT2D eigenvalue weighted by Gasteiger charge is -2.32. The first-order chi connectivity index (χ1) is 9.36. The van der Waals surface area contributed by atoms with Crippen LogP contribution < -0.4 is 5.32 Å². The van der Waals surface area contributed by atoms with E-state index >= 15 is 0 Å². The molecule has 0 aliphatic rings. The van der Waals surface area contributed by atoms with Crippen LogP contribution in [-0.2, 0) is 11.3 Å². The zero-order valence-corrected chi connectivity index (χ0v) is 13.9. The van der Waals surface area contributed by atoms with E-state index in [-0.39, 0.29) is 5.54 Å². The number of ether oxygens (including phenoxy) is 1. The molecule has 0 heterocycles. The highest BCUT2D eigenvalue weighted by Gasteiger charge is 2.20. The number of nitrogens with one attached hydrogen (secondary N) is 1. The Bertz CT molecular complexity index is 384. The first-order valence-electron chi connectivity index (χ1n) is 7.35. The van der Waals surface area contributed by atoms with Gasteiger partial charge in [-0.05, 0) is 52.0 Å². The second kappa shape index (κ2) is 7.77. The number of hydrogen-bond donors (Lipinski definition) is 1. The Morgan fingerprint density at radius 3 is 2.30 bits per heavy atom. The topological polar surface area (TPSA) is 24.5 Å². The average Bonchev–Trinajstić information content (AvgIpc) is 2.39. The van der Waals surface area contributed by atoms with Crippen molar-refractivity contribution in [3.05, 3.63) is 35.4 Å². The number of benzene rings is 1. The molecule has 0 fully saturated rings. The molecule has 1 N–H and O–H groups in total. The molecule has 0 radical (unpaired) electrons. The zero-order chi connectivity index (χ0) is 15.2. The van der Waals surface area contributed by atoms with Gasteiger partial charge in [0.15, 0.2) is 0 Å². The Balaban J connectivity index is 2.46. The molecule has 0 saturated carbocycles. The molecular weight excluding hydrogens is 248 g/mol. The summed E-state index contributed by atoms with van der Waals surface area (Å²) in [5, 5.41) is 3.21. The Morgan fingerprint density at radius 1 is 1.20 bits per heavy atom. The first-order valence-corrected chi connectivity index (χ1v) is 7.35. The third-order valence-corrected chi connectivity index (χ3v) is 3.99. The third-order valence-electron chi connectivity index (χ3n) is 3.99. The van der Waals surface area contributed by atoms with Crippen molar-refractivity contribution in [2.75, 3.05) is 34.3 Å². The highest BCUT2D eigenvalue weighted by atomic mass is 16.5. The zero-order valence-electron chi connectivity index (χ0n) is 13.9. The molecule has 3 nitrogen and oxygen atoms in total. The van der Waals surface area contributed by atoms with Gasteiger partial charge in [0.05, 0.1) is 13.2 Å². The minimum atomic E-state index is 0.0707. The van der Waals surface area contributed by atoms with Crippen molar-refractivity contribution in [2.24, 2.45) is 0 Å². The van der Waals surface area contributed by atoms with E-state index in [1.165, 1.54) is 11.1 Å². The lowest BCUT2D eigenvalue weighted by atomic mass is 10.00. The molecule has 0 saturated heterocycles. The third kappa shape index (κ3) is 5.23. The number of rotatable bonds is 8. The molecule has 20 heavy (non-hydrogen) atoms. The quantitative estimate of drug-likeness (QED) is 0.791. The maximum Gasteiger partial charge on any atom is 0.0717 e. The van der Waals surface area contributed by atoms with Gasteiger partial charge in [-0.3, -0.25) is 0 Å². The molecule has 0 aliphatic carbocycles. The molecule has 0 bridgehead atoms. The smallest absolute Gasteiger partial charge is 0.0717 e. The summed E-state index contributed by atoms with van der Waals surface area (Å²) >= 11 is 0. The summed E-state index contributed by atoms with van der Waals surface area (Å²) in [5.41, 5.74) is 2.68. The molecule has 1 rings (SSSR count). The van der Waals surface area contributed by atoms with E-state index in [1.54, 1.807) is 0 Å². The van der Waals surface area contributed by atoms with Crippen LogP contribution in [0.4, 0.5) is 0 Å². The fraction of sp³-hybridized carbons (Fsp3) is 0.647. The van der Waals surface area contributed by atoms with E-state index in [4.69, 9.17) is 4.74 Å². The predicted molar refractivity (Wildman–Crippen MR) is 86.2 cm³/mol. The van der Waals surface area contributed by atoms with Gasteiger partial charge in [-0.2, -0.15) is 0 Å². The van der Waals surface area contributed by atoms with Crippen LogP contribution >= 0.6 is 0 Å². The van der Waals surface area contributed by atoms with Gasteiger partial charge in [0.25, 0.3) is 0 Å². The van der Waals surface area contributed by atoms with Crippen molar-refractivity contribution in [3.63, 3.8) is 0 Å². The molecule has 1 atom stereocenters. The van der Waals surface area contributed by atoms with Crippen molar-refractivity contribution < 1.29 is 4.74 Å². The van der Waals surface area contributed by atoms with Gasteiger partial charge in [0.2, 0.25) is 0 Å². The Morgan fingerprint density at radius 2 is 1.80 bits per heavy atom. The normalized spacial score (nSPS) is 13.8. The van der Waals surface area contributed by atoms with Crippen molar-refractivity contribution >= 4 is 0 Å². The lowest BCUT2D eigenvalue weighted by Crippen LogP contribution is -2.42. The standard InChI is InChI=1S/C17H30N2O/c1-14(11-18-4)16-9-7-15(8-10-16)12-20-13-17(2,3)19(5)6/h7-10,14,18H,11-13H2,1-6H3. The van der Waals surface area contributed by atoms with Crippen LogP contribution in [0.3, 0.4) is 0 Å². The van der Waals surface area contributed by atoms with Crippen LogP contribution in [0.2, 0.25) is 0 Å². The van der Waals surface area contributed by atoms with Gasteiger partial charge in [-0.25, -0.2) is 0 Å². The van der Waals surface area contributed by atoms with E-state index < -0.39 is 0 Å². The SMILES string of the molecule is CNCC(C)c1ccc(COCC(C)(C)N(C)C)cc1. The van der Waals surface area contributed by atoms with Crippen LogP contribution in [-0.4, -0.2) is 44.7 Å². The molecule has 0 aliphatic heterocycles. The average molecular weight is 278 g/mol. The lowest BCUT2D eigenvalue weighted by molar-refractivity contribution is 0.0275. The van der Waals surface area contributed by atoms with Gasteiger partial charge < -0.3 is 15.0 Å². The van der Waals surface area contributed by atoms with Crippen molar-refractivity contribution in [3.8, 4) is 0 Å². The van der Waals surface area contributed by atoms with E-state index in [0.29, 0.717) is 12.5 Å². The monoisotopic (exact) mass is 278 g/mol. The summed E-state index contributed by atoms with van der Waals surface area (Å²) in [6.07, 6.45) is 0. The molecule has 0 spiro atoms. The van der Waals surface area contributed by atoms with Gasteiger partial charge in [-0.1, -0.05) is 31.2 Å². The van der Waals surface area contributed by atoms with Crippen molar-refractivity contribution in [1.82, 2.24) is 10.2 Å². The molecule has 0 aromatic heterocycles. The second-order valence-corrected chi connectivity index (χ2v) is 6.40. The fourth-order valence-corrected chi connectivity index (χ4v) is 1.91. The summed E-state index contributed by atoms with van der Waals surface area (Å²) in [6.45, 7) is 9.04. The summed E-state index contributed by atoms with van der Waals surface area (Å²) in [6, 6.07) is 8.75. The van der Waals surface area contributed by atoms with E-state index in [2.05, 4.69) is 69.3 Å². The van der Waals surface area contributed by atoms with Crippen molar-refractivity contribution in [2.45, 2.75) is 38.8 Å². The molecule has 3 heteroatoms. The minimum absolute atomic E-state index is 0.0707. The Labute approximate surface area is 124 Å². The summed E-state index contributed by atoms with van der Waals surface area (Å²) < 4.78 is 5.84. The Kier molecular flexibility index (Phi) is 6.66. The largest absolute Gasteiger partial charge is 0.375 e. The predicted octanol–water partition coefficient (Wildman–Crippen LogP) is 2.87. The van der Waals surface area contributed by atoms with Gasteiger partial charge in [0.1, 0.15) is 0 Å². The van der Waals surface area contributed by atoms with Gasteiger partial charge >= 0.3 is 0 Å². The molecular formula is C17H30N2O. The van der Waals surface area contributed by atoms with Crippen LogP contribution in [0.1, 0.15) is 37.8 Å². The molecule has 114 valence electrons. The first kappa shape index (κ1) is 17.2. The molecule has 1 unspecified atom stereocenters. The number of likely N-dealkylation sites (N-methyl/N-ethyl adjacent to an activating group) is 2. The molecule has 1 aromatic rings.